The van der Waals surface area contributed by atoms with E-state index in [0.29, 0.717) is 43.0 Å². The van der Waals surface area contributed by atoms with Gasteiger partial charge >= 0.3 is 5.97 Å². The Morgan fingerprint density at radius 1 is 1.31 bits per heavy atom. The van der Waals surface area contributed by atoms with Gasteiger partial charge in [0, 0.05) is 49.4 Å². The van der Waals surface area contributed by atoms with Crippen LogP contribution in [0.15, 0.2) is 17.1 Å². The molecular weight excluding hydrogens is 358 g/mol. The summed E-state index contributed by atoms with van der Waals surface area (Å²) in [6.45, 7) is 4.58. The smallest absolute Gasteiger partial charge is 0.341 e. The van der Waals surface area contributed by atoms with Gasteiger partial charge in [0.05, 0.1) is 16.2 Å². The molecule has 0 aliphatic carbocycles. The maximum Gasteiger partial charge on any atom is 0.341 e. The molecule has 1 saturated heterocycles. The van der Waals surface area contributed by atoms with E-state index in [1.54, 1.807) is 11.0 Å². The number of carboxylic acid groups (broad SMARTS) is 1. The largest absolute Gasteiger partial charge is 0.477 e. The van der Waals surface area contributed by atoms with Crippen LogP contribution in [0.5, 0.6) is 0 Å². The number of hydrogen-bond donors (Lipinski definition) is 1. The Hall–Kier alpha value is -2.54. The highest BCUT2D eigenvalue weighted by Gasteiger charge is 2.31. The summed E-state index contributed by atoms with van der Waals surface area (Å²) in [5.41, 5.74) is 1.91. The number of piperazine rings is 1. The molecule has 1 unspecified atom stereocenters. The summed E-state index contributed by atoms with van der Waals surface area (Å²) in [6.07, 6.45) is 2.98. The second kappa shape index (κ2) is 6.02. The Labute approximate surface area is 154 Å². The van der Waals surface area contributed by atoms with Gasteiger partial charge in [0.25, 0.3) is 0 Å². The van der Waals surface area contributed by atoms with Crippen LogP contribution in [-0.4, -0.2) is 53.1 Å². The first kappa shape index (κ1) is 16.9. The molecule has 0 bridgehead atoms. The average molecular weight is 376 g/mol. The third kappa shape index (κ3) is 2.38. The second-order valence-corrected chi connectivity index (χ2v) is 7.25. The van der Waals surface area contributed by atoms with Gasteiger partial charge in [-0.25, -0.2) is 4.79 Å². The molecule has 0 saturated carbocycles. The van der Waals surface area contributed by atoms with Gasteiger partial charge in [0.15, 0.2) is 0 Å². The van der Waals surface area contributed by atoms with E-state index >= 15 is 0 Å². The van der Waals surface area contributed by atoms with Crippen LogP contribution in [0.1, 0.15) is 28.9 Å². The number of aromatic nitrogens is 1. The molecule has 1 aromatic heterocycles. The molecule has 0 spiro atoms. The summed E-state index contributed by atoms with van der Waals surface area (Å²) >= 11 is 6.55. The van der Waals surface area contributed by atoms with E-state index in [9.17, 15) is 19.5 Å². The van der Waals surface area contributed by atoms with Gasteiger partial charge in [-0.1, -0.05) is 11.6 Å². The molecule has 1 amide bonds. The van der Waals surface area contributed by atoms with E-state index in [1.165, 1.54) is 6.20 Å². The monoisotopic (exact) mass is 375 g/mol. The molecule has 7 nitrogen and oxygen atoms in total. The molecule has 1 atom stereocenters. The summed E-state index contributed by atoms with van der Waals surface area (Å²) in [5.74, 6) is -1.23. The van der Waals surface area contributed by atoms with E-state index in [0.717, 1.165) is 23.2 Å². The highest BCUT2D eigenvalue weighted by molar-refractivity contribution is 6.34. The van der Waals surface area contributed by atoms with Crippen molar-refractivity contribution < 1.29 is 14.7 Å². The van der Waals surface area contributed by atoms with Crippen molar-refractivity contribution in [1.29, 1.82) is 0 Å². The predicted molar refractivity (Wildman–Crippen MR) is 98.4 cm³/mol. The average Bonchev–Trinajstić information content (AvgIpc) is 2.94. The zero-order valence-corrected chi connectivity index (χ0v) is 15.0. The van der Waals surface area contributed by atoms with E-state index in [4.69, 9.17) is 11.6 Å². The number of carboxylic acids is 1. The van der Waals surface area contributed by atoms with Crippen LogP contribution in [0.25, 0.3) is 10.9 Å². The quantitative estimate of drug-likeness (QED) is 0.826. The van der Waals surface area contributed by atoms with Gasteiger partial charge in [-0.05, 0) is 19.4 Å². The molecule has 8 heteroatoms. The van der Waals surface area contributed by atoms with Crippen LogP contribution in [0.2, 0.25) is 5.02 Å². The molecule has 1 fully saturated rings. The van der Waals surface area contributed by atoms with Crippen molar-refractivity contribution in [3.05, 3.63) is 38.6 Å². The predicted octanol–water partition coefficient (Wildman–Crippen LogP) is 1.75. The molecule has 136 valence electrons. The molecule has 2 aliphatic rings. The molecule has 3 heterocycles. The van der Waals surface area contributed by atoms with E-state index in [-0.39, 0.29) is 11.6 Å². The number of amides is 1. The normalized spacial score (nSPS) is 19.2. The lowest BCUT2D eigenvalue weighted by atomic mass is 10.0. The van der Waals surface area contributed by atoms with Crippen molar-refractivity contribution in [3.63, 3.8) is 0 Å². The van der Waals surface area contributed by atoms with Crippen molar-refractivity contribution >= 4 is 40.6 Å². The Morgan fingerprint density at radius 2 is 2.00 bits per heavy atom. The first-order valence-electron chi connectivity index (χ1n) is 8.50. The standard InChI is InChI=1S/C18H18ClN3O4/c1-10-6-11-15-12(17(24)13(18(25)26)8-22(10)15)7-14(19)16(11)21-4-2-20(9-23)3-5-21/h7-10H,2-6H2,1H3,(H,25,26). The lowest BCUT2D eigenvalue weighted by molar-refractivity contribution is -0.118. The zero-order chi connectivity index (χ0) is 18.6. The van der Waals surface area contributed by atoms with Crippen molar-refractivity contribution in [2.75, 3.05) is 31.1 Å². The van der Waals surface area contributed by atoms with Crippen molar-refractivity contribution in [1.82, 2.24) is 9.47 Å². The minimum Gasteiger partial charge on any atom is -0.477 e. The highest BCUT2D eigenvalue weighted by Crippen LogP contribution is 2.42. The molecular formula is C18H18ClN3O4. The van der Waals surface area contributed by atoms with Crippen molar-refractivity contribution in [3.8, 4) is 0 Å². The number of aromatic carboxylic acids is 1. The molecule has 26 heavy (non-hydrogen) atoms. The van der Waals surface area contributed by atoms with Crippen LogP contribution >= 0.6 is 11.6 Å². The van der Waals surface area contributed by atoms with E-state index in [2.05, 4.69) is 4.90 Å². The zero-order valence-electron chi connectivity index (χ0n) is 14.2. The first-order valence-corrected chi connectivity index (χ1v) is 8.88. The number of carbonyl (C=O) groups is 2. The van der Waals surface area contributed by atoms with Gasteiger partial charge in [-0.2, -0.15) is 0 Å². The van der Waals surface area contributed by atoms with Crippen molar-refractivity contribution in [2.24, 2.45) is 0 Å². The maximum absolute atomic E-state index is 12.6. The van der Waals surface area contributed by atoms with E-state index < -0.39 is 11.4 Å². The number of anilines is 1. The van der Waals surface area contributed by atoms with Gasteiger partial charge < -0.3 is 19.5 Å². The van der Waals surface area contributed by atoms with Crippen LogP contribution in [0.4, 0.5) is 5.69 Å². The van der Waals surface area contributed by atoms with Crippen LogP contribution < -0.4 is 10.3 Å². The molecule has 1 aromatic carbocycles. The third-order valence-electron chi connectivity index (χ3n) is 5.32. The first-order chi connectivity index (χ1) is 12.4. The molecule has 0 radical (unpaired) electrons. The van der Waals surface area contributed by atoms with Gasteiger partial charge in [0.1, 0.15) is 5.56 Å². The lowest BCUT2D eigenvalue weighted by Gasteiger charge is -2.35. The van der Waals surface area contributed by atoms with Crippen LogP contribution in [-0.2, 0) is 11.2 Å². The number of pyridine rings is 1. The highest BCUT2D eigenvalue weighted by atomic mass is 35.5. The van der Waals surface area contributed by atoms with E-state index in [1.807, 2.05) is 11.5 Å². The fraction of sp³-hybridized carbons (Fsp3) is 0.389. The maximum atomic E-state index is 12.6. The fourth-order valence-corrected chi connectivity index (χ4v) is 4.38. The second-order valence-electron chi connectivity index (χ2n) is 6.85. The number of halogens is 1. The summed E-state index contributed by atoms with van der Waals surface area (Å²) in [7, 11) is 0. The van der Waals surface area contributed by atoms with Crippen LogP contribution in [0, 0.1) is 0 Å². The number of carbonyl (C=O) groups excluding carboxylic acids is 1. The summed E-state index contributed by atoms with van der Waals surface area (Å²) < 4.78 is 1.87. The third-order valence-corrected chi connectivity index (χ3v) is 5.61. The number of hydrogen-bond acceptors (Lipinski definition) is 4. The van der Waals surface area contributed by atoms with Crippen molar-refractivity contribution in [2.45, 2.75) is 19.4 Å². The Morgan fingerprint density at radius 3 is 2.62 bits per heavy atom. The Balaban J connectivity index is 1.92. The number of rotatable bonds is 3. The minimum absolute atomic E-state index is 0.0414. The topological polar surface area (TPSA) is 82.8 Å². The number of nitrogens with zero attached hydrogens (tertiary/aromatic N) is 3. The molecule has 1 N–H and O–H groups in total. The van der Waals surface area contributed by atoms with Gasteiger partial charge in [-0.3, -0.25) is 9.59 Å². The lowest BCUT2D eigenvalue weighted by Crippen LogP contribution is -2.46. The molecule has 4 rings (SSSR count). The molecule has 2 aliphatic heterocycles. The minimum atomic E-state index is -1.23. The summed E-state index contributed by atoms with van der Waals surface area (Å²) in [6, 6.07) is 1.63. The summed E-state index contributed by atoms with van der Waals surface area (Å²) in [5, 5.41) is 10.1. The van der Waals surface area contributed by atoms with Crippen LogP contribution in [0.3, 0.4) is 0 Å². The van der Waals surface area contributed by atoms with Gasteiger partial charge in [-0.15, -0.1) is 0 Å². The Kier molecular flexibility index (Phi) is 3.91. The number of benzene rings is 1. The SMILES string of the molecule is CC1Cc2c(N3CCN(C=O)CC3)c(Cl)cc3c(=O)c(C(=O)O)cn1c23. The summed E-state index contributed by atoms with van der Waals surface area (Å²) in [4.78, 5) is 38.9. The molecule has 2 aromatic rings. The van der Waals surface area contributed by atoms with Gasteiger partial charge in [0.2, 0.25) is 11.8 Å². The fourth-order valence-electron chi connectivity index (χ4n) is 4.04. The Bertz CT molecular complexity index is 992.